The van der Waals surface area contributed by atoms with Crippen LogP contribution in [0.2, 0.25) is 0 Å². The van der Waals surface area contributed by atoms with E-state index in [9.17, 15) is 13.6 Å². The van der Waals surface area contributed by atoms with E-state index in [1.54, 1.807) is 4.90 Å². The number of nitrogens with zero attached hydrogens (tertiary/aromatic N) is 1. The molecule has 1 aromatic rings. The Balaban J connectivity index is 2.05. The van der Waals surface area contributed by atoms with Gasteiger partial charge in [0.05, 0.1) is 13.0 Å². The molecular weight excluding hydrogens is 276 g/mol. The molecule has 21 heavy (non-hydrogen) atoms. The minimum Gasteiger partial charge on any atom is -0.395 e. The highest BCUT2D eigenvalue weighted by Gasteiger charge is 2.25. The van der Waals surface area contributed by atoms with Gasteiger partial charge in [0.1, 0.15) is 0 Å². The lowest BCUT2D eigenvalue weighted by Gasteiger charge is -2.34. The molecule has 1 aromatic carbocycles. The van der Waals surface area contributed by atoms with E-state index in [1.807, 2.05) is 0 Å². The molecule has 1 aliphatic carbocycles. The molecule has 1 amide bonds. The summed E-state index contributed by atoms with van der Waals surface area (Å²) in [4.78, 5) is 14.1. The summed E-state index contributed by atoms with van der Waals surface area (Å²) in [6.45, 7) is 0.215. The van der Waals surface area contributed by atoms with Gasteiger partial charge in [0.15, 0.2) is 11.6 Å². The standard InChI is InChI=1S/C16H21F2NO2/c17-14-7-6-12(10-15(14)18)11-16(21)19(8-9-20)13-4-2-1-3-5-13/h6-7,10,13,20H,1-5,8-9,11H2. The zero-order chi connectivity index (χ0) is 15.2. The highest BCUT2D eigenvalue weighted by molar-refractivity contribution is 5.79. The van der Waals surface area contributed by atoms with Gasteiger partial charge in [-0.25, -0.2) is 8.78 Å². The Hall–Kier alpha value is -1.49. The molecule has 0 bridgehead atoms. The molecular formula is C16H21F2NO2. The summed E-state index contributed by atoms with van der Waals surface area (Å²) in [6, 6.07) is 3.68. The van der Waals surface area contributed by atoms with Gasteiger partial charge in [-0.05, 0) is 30.5 Å². The number of halogens is 2. The van der Waals surface area contributed by atoms with Gasteiger partial charge in [-0.1, -0.05) is 25.3 Å². The predicted molar refractivity (Wildman–Crippen MR) is 75.7 cm³/mol. The molecule has 1 fully saturated rings. The molecule has 0 aromatic heterocycles. The van der Waals surface area contributed by atoms with E-state index >= 15 is 0 Å². The third-order valence-corrected chi connectivity index (χ3v) is 4.02. The molecule has 0 aliphatic heterocycles. The van der Waals surface area contributed by atoms with Crippen LogP contribution in [0, 0.1) is 11.6 Å². The van der Waals surface area contributed by atoms with E-state index < -0.39 is 11.6 Å². The van der Waals surface area contributed by atoms with Gasteiger partial charge in [0.25, 0.3) is 0 Å². The highest BCUT2D eigenvalue weighted by atomic mass is 19.2. The lowest BCUT2D eigenvalue weighted by atomic mass is 9.93. The highest BCUT2D eigenvalue weighted by Crippen LogP contribution is 2.23. The lowest BCUT2D eigenvalue weighted by Crippen LogP contribution is -2.43. The predicted octanol–water partition coefficient (Wildman–Crippen LogP) is 2.66. The third-order valence-electron chi connectivity index (χ3n) is 4.02. The number of hydrogen-bond donors (Lipinski definition) is 1. The van der Waals surface area contributed by atoms with Gasteiger partial charge in [-0.2, -0.15) is 0 Å². The van der Waals surface area contributed by atoms with Crippen molar-refractivity contribution in [3.8, 4) is 0 Å². The Bertz CT molecular complexity index is 487. The summed E-state index contributed by atoms with van der Waals surface area (Å²) >= 11 is 0. The molecule has 0 radical (unpaired) electrons. The second-order valence-electron chi connectivity index (χ2n) is 5.53. The molecule has 5 heteroatoms. The molecule has 2 rings (SSSR count). The summed E-state index contributed by atoms with van der Waals surface area (Å²) < 4.78 is 26.1. The first-order chi connectivity index (χ1) is 10.1. The SMILES string of the molecule is O=C(Cc1ccc(F)c(F)c1)N(CCO)C1CCCCC1. The van der Waals surface area contributed by atoms with Gasteiger partial charge >= 0.3 is 0 Å². The van der Waals surface area contributed by atoms with Crippen molar-refractivity contribution in [2.45, 2.75) is 44.6 Å². The summed E-state index contributed by atoms with van der Waals surface area (Å²) in [5, 5.41) is 9.16. The molecule has 0 unspecified atom stereocenters. The Kier molecular flexibility index (Phi) is 5.67. The number of aliphatic hydroxyl groups is 1. The summed E-state index contributed by atoms with van der Waals surface area (Å²) in [6.07, 6.45) is 5.29. The normalized spacial score (nSPS) is 16.0. The fourth-order valence-corrected chi connectivity index (χ4v) is 2.94. The minimum absolute atomic E-state index is 0.0354. The molecule has 0 heterocycles. The first-order valence-electron chi connectivity index (χ1n) is 7.46. The van der Waals surface area contributed by atoms with Crippen molar-refractivity contribution in [1.82, 2.24) is 4.90 Å². The van der Waals surface area contributed by atoms with Crippen LogP contribution in [0.25, 0.3) is 0 Å². The van der Waals surface area contributed by atoms with Crippen molar-refractivity contribution in [3.05, 3.63) is 35.4 Å². The largest absolute Gasteiger partial charge is 0.395 e. The number of aliphatic hydroxyl groups excluding tert-OH is 1. The number of benzene rings is 1. The van der Waals surface area contributed by atoms with Crippen molar-refractivity contribution in [1.29, 1.82) is 0 Å². The molecule has 0 spiro atoms. The van der Waals surface area contributed by atoms with Crippen LogP contribution in [-0.2, 0) is 11.2 Å². The van der Waals surface area contributed by atoms with Crippen molar-refractivity contribution in [2.24, 2.45) is 0 Å². The van der Waals surface area contributed by atoms with E-state index in [0.29, 0.717) is 12.1 Å². The Morgan fingerprint density at radius 3 is 2.52 bits per heavy atom. The van der Waals surface area contributed by atoms with E-state index in [0.717, 1.165) is 37.8 Å². The zero-order valence-electron chi connectivity index (χ0n) is 12.0. The second kappa shape index (κ2) is 7.50. The zero-order valence-corrected chi connectivity index (χ0v) is 12.0. The van der Waals surface area contributed by atoms with Gasteiger partial charge in [0, 0.05) is 12.6 Å². The van der Waals surface area contributed by atoms with Crippen molar-refractivity contribution in [3.63, 3.8) is 0 Å². The van der Waals surface area contributed by atoms with Gasteiger partial charge in [-0.15, -0.1) is 0 Å². The fraction of sp³-hybridized carbons (Fsp3) is 0.562. The summed E-state index contributed by atoms with van der Waals surface area (Å²) in [7, 11) is 0. The van der Waals surface area contributed by atoms with Gasteiger partial charge in [-0.3, -0.25) is 4.79 Å². The first kappa shape index (κ1) is 15.9. The van der Waals surface area contributed by atoms with Gasteiger partial charge < -0.3 is 10.0 Å². The van der Waals surface area contributed by atoms with E-state index in [2.05, 4.69) is 0 Å². The molecule has 1 N–H and O–H groups in total. The van der Waals surface area contributed by atoms with E-state index in [1.165, 1.54) is 12.5 Å². The maximum atomic E-state index is 13.2. The monoisotopic (exact) mass is 297 g/mol. The van der Waals surface area contributed by atoms with Crippen molar-refractivity contribution >= 4 is 5.91 Å². The van der Waals surface area contributed by atoms with Crippen molar-refractivity contribution < 1.29 is 18.7 Å². The second-order valence-corrected chi connectivity index (χ2v) is 5.53. The maximum absolute atomic E-state index is 13.2. The average Bonchev–Trinajstić information content (AvgIpc) is 2.49. The topological polar surface area (TPSA) is 40.5 Å². The number of carbonyl (C=O) groups is 1. The first-order valence-corrected chi connectivity index (χ1v) is 7.46. The lowest BCUT2D eigenvalue weighted by molar-refractivity contribution is -0.134. The Morgan fingerprint density at radius 2 is 1.90 bits per heavy atom. The van der Waals surface area contributed by atoms with Crippen LogP contribution in [0.4, 0.5) is 8.78 Å². The number of amides is 1. The third kappa shape index (κ3) is 4.24. The molecule has 3 nitrogen and oxygen atoms in total. The molecule has 116 valence electrons. The van der Waals surface area contributed by atoms with Gasteiger partial charge in [0.2, 0.25) is 5.91 Å². The Morgan fingerprint density at radius 1 is 1.19 bits per heavy atom. The molecule has 1 aliphatic rings. The van der Waals surface area contributed by atoms with Crippen LogP contribution in [0.1, 0.15) is 37.7 Å². The van der Waals surface area contributed by atoms with Crippen LogP contribution in [0.5, 0.6) is 0 Å². The van der Waals surface area contributed by atoms with Crippen LogP contribution < -0.4 is 0 Å². The van der Waals surface area contributed by atoms with Crippen LogP contribution in [0.3, 0.4) is 0 Å². The summed E-state index contributed by atoms with van der Waals surface area (Å²) in [5.74, 6) is -1.99. The van der Waals surface area contributed by atoms with E-state index in [-0.39, 0.29) is 25.0 Å². The molecule has 0 saturated heterocycles. The maximum Gasteiger partial charge on any atom is 0.227 e. The minimum atomic E-state index is -0.938. The fourth-order valence-electron chi connectivity index (χ4n) is 2.94. The number of carbonyl (C=O) groups excluding carboxylic acids is 1. The number of rotatable bonds is 5. The smallest absolute Gasteiger partial charge is 0.227 e. The average molecular weight is 297 g/mol. The van der Waals surface area contributed by atoms with Crippen LogP contribution in [-0.4, -0.2) is 35.1 Å². The van der Waals surface area contributed by atoms with Crippen LogP contribution in [0.15, 0.2) is 18.2 Å². The number of hydrogen-bond acceptors (Lipinski definition) is 2. The quantitative estimate of drug-likeness (QED) is 0.907. The molecule has 1 saturated carbocycles. The summed E-state index contributed by atoms with van der Waals surface area (Å²) in [5.41, 5.74) is 0.456. The van der Waals surface area contributed by atoms with E-state index in [4.69, 9.17) is 5.11 Å². The van der Waals surface area contributed by atoms with Crippen LogP contribution >= 0.6 is 0 Å². The molecule has 0 atom stereocenters. The Labute approximate surface area is 123 Å². The van der Waals surface area contributed by atoms with Crippen molar-refractivity contribution in [2.75, 3.05) is 13.2 Å².